The third-order valence-corrected chi connectivity index (χ3v) is 7.87. The molecule has 0 bridgehead atoms. The molecule has 158 valence electrons. The molecule has 9 heteroatoms. The van der Waals surface area contributed by atoms with Gasteiger partial charge in [-0.15, -0.1) is 11.3 Å². The molecule has 0 aliphatic heterocycles. The minimum absolute atomic E-state index is 0.0644. The molecule has 0 fully saturated rings. The van der Waals surface area contributed by atoms with Gasteiger partial charge < -0.3 is 5.32 Å². The van der Waals surface area contributed by atoms with E-state index >= 15 is 0 Å². The SMILES string of the molecule is N#Cc1c(NC(=O)c2cccc(NS(=O)(=O)c3ccc(Cl)cc3)c2)sc2c1CCCC2. The zero-order chi connectivity index (χ0) is 22.0. The van der Waals surface area contributed by atoms with Crippen LogP contribution in [0.5, 0.6) is 0 Å². The molecule has 2 N–H and O–H groups in total. The number of sulfonamides is 1. The van der Waals surface area contributed by atoms with Crippen molar-refractivity contribution in [3.8, 4) is 6.07 Å². The summed E-state index contributed by atoms with van der Waals surface area (Å²) in [6.45, 7) is 0. The molecule has 0 spiro atoms. The van der Waals surface area contributed by atoms with Gasteiger partial charge in [0, 0.05) is 21.2 Å². The average Bonchev–Trinajstić information content (AvgIpc) is 3.10. The second-order valence-electron chi connectivity index (χ2n) is 7.12. The molecule has 0 unspecified atom stereocenters. The second kappa shape index (κ2) is 8.71. The summed E-state index contributed by atoms with van der Waals surface area (Å²) >= 11 is 7.27. The summed E-state index contributed by atoms with van der Waals surface area (Å²) in [5.41, 5.74) is 2.12. The number of fused-ring (bicyclic) bond motifs is 1. The molecule has 0 saturated heterocycles. The Balaban J connectivity index is 1.55. The van der Waals surface area contributed by atoms with Crippen molar-refractivity contribution in [2.45, 2.75) is 30.6 Å². The molecule has 3 aromatic rings. The van der Waals surface area contributed by atoms with E-state index in [-0.39, 0.29) is 16.1 Å². The number of benzene rings is 2. The monoisotopic (exact) mass is 471 g/mol. The van der Waals surface area contributed by atoms with Crippen LogP contribution < -0.4 is 10.0 Å². The van der Waals surface area contributed by atoms with E-state index in [4.69, 9.17) is 11.6 Å². The molecule has 0 radical (unpaired) electrons. The van der Waals surface area contributed by atoms with E-state index in [1.165, 1.54) is 41.7 Å². The van der Waals surface area contributed by atoms with Crippen molar-refractivity contribution in [3.05, 3.63) is 75.1 Å². The van der Waals surface area contributed by atoms with Crippen molar-refractivity contribution in [2.24, 2.45) is 0 Å². The standard InChI is InChI=1S/C22H18ClN3O3S2/c23-15-8-10-17(11-9-15)31(28,29)26-16-5-3-4-14(12-16)21(27)25-22-19(13-24)18-6-1-2-7-20(18)30-22/h3-5,8-12,26H,1-2,6-7H2,(H,25,27). The maximum Gasteiger partial charge on any atom is 0.261 e. The Morgan fingerprint density at radius 1 is 1.10 bits per heavy atom. The van der Waals surface area contributed by atoms with Crippen LogP contribution in [0.1, 0.15) is 39.2 Å². The minimum Gasteiger partial charge on any atom is -0.312 e. The fraction of sp³-hybridized carbons (Fsp3) is 0.182. The highest BCUT2D eigenvalue weighted by molar-refractivity contribution is 7.92. The lowest BCUT2D eigenvalue weighted by atomic mass is 9.96. The van der Waals surface area contributed by atoms with Crippen LogP contribution in [-0.2, 0) is 22.9 Å². The van der Waals surface area contributed by atoms with E-state index in [0.29, 0.717) is 15.6 Å². The summed E-state index contributed by atoms with van der Waals surface area (Å²) in [6, 6.07) is 14.2. The van der Waals surface area contributed by atoms with Crippen LogP contribution in [0.2, 0.25) is 5.02 Å². The van der Waals surface area contributed by atoms with Crippen LogP contribution in [0.3, 0.4) is 0 Å². The van der Waals surface area contributed by atoms with Gasteiger partial charge >= 0.3 is 0 Å². The average molecular weight is 472 g/mol. The maximum atomic E-state index is 12.8. The topological polar surface area (TPSA) is 99.1 Å². The Labute approximate surface area is 189 Å². The molecular formula is C22H18ClN3O3S2. The van der Waals surface area contributed by atoms with Crippen molar-refractivity contribution in [1.29, 1.82) is 5.26 Å². The predicted octanol–water partition coefficient (Wildman–Crippen LogP) is 5.21. The quantitative estimate of drug-likeness (QED) is 0.533. The molecule has 0 saturated carbocycles. The second-order valence-corrected chi connectivity index (χ2v) is 10.3. The van der Waals surface area contributed by atoms with Crippen molar-refractivity contribution in [2.75, 3.05) is 10.0 Å². The molecular weight excluding hydrogens is 454 g/mol. The Hall–Kier alpha value is -2.86. The van der Waals surface area contributed by atoms with Crippen molar-refractivity contribution in [1.82, 2.24) is 0 Å². The summed E-state index contributed by atoms with van der Waals surface area (Å²) < 4.78 is 27.7. The molecule has 6 nitrogen and oxygen atoms in total. The van der Waals surface area contributed by atoms with Gasteiger partial charge in [0.15, 0.2) is 0 Å². The van der Waals surface area contributed by atoms with E-state index < -0.39 is 15.9 Å². The number of carbonyl (C=O) groups is 1. The van der Waals surface area contributed by atoms with Crippen LogP contribution in [0, 0.1) is 11.3 Å². The molecule has 1 amide bonds. The third-order valence-electron chi connectivity index (χ3n) is 5.01. The van der Waals surface area contributed by atoms with Gasteiger partial charge in [-0.3, -0.25) is 9.52 Å². The van der Waals surface area contributed by atoms with Crippen molar-refractivity contribution < 1.29 is 13.2 Å². The van der Waals surface area contributed by atoms with Crippen LogP contribution in [-0.4, -0.2) is 14.3 Å². The summed E-state index contributed by atoms with van der Waals surface area (Å²) in [5.74, 6) is -0.400. The first-order valence-corrected chi connectivity index (χ1v) is 12.3. The van der Waals surface area contributed by atoms with E-state index in [9.17, 15) is 18.5 Å². The Kier molecular flexibility index (Phi) is 6.01. The lowest BCUT2D eigenvalue weighted by Gasteiger charge is -2.10. The van der Waals surface area contributed by atoms with E-state index in [0.717, 1.165) is 36.1 Å². The van der Waals surface area contributed by atoms with Gasteiger partial charge in [-0.1, -0.05) is 17.7 Å². The Bertz CT molecular complexity index is 1290. The normalized spacial score (nSPS) is 13.2. The smallest absolute Gasteiger partial charge is 0.261 e. The molecule has 1 aliphatic rings. The Morgan fingerprint density at radius 2 is 1.84 bits per heavy atom. The van der Waals surface area contributed by atoms with E-state index in [1.807, 2.05) is 0 Å². The number of thiophene rings is 1. The fourth-order valence-electron chi connectivity index (χ4n) is 3.50. The van der Waals surface area contributed by atoms with Crippen molar-refractivity contribution >= 4 is 49.6 Å². The highest BCUT2D eigenvalue weighted by atomic mass is 35.5. The first-order valence-electron chi connectivity index (χ1n) is 9.62. The van der Waals surface area contributed by atoms with E-state index in [2.05, 4.69) is 16.1 Å². The van der Waals surface area contributed by atoms with Gasteiger partial charge in [0.05, 0.1) is 10.5 Å². The lowest BCUT2D eigenvalue weighted by Crippen LogP contribution is -2.15. The largest absolute Gasteiger partial charge is 0.312 e. The number of rotatable bonds is 5. The fourth-order valence-corrected chi connectivity index (χ4v) is 5.91. The number of aryl methyl sites for hydroxylation is 1. The number of carbonyl (C=O) groups excluding carboxylic acids is 1. The zero-order valence-corrected chi connectivity index (χ0v) is 18.7. The van der Waals surface area contributed by atoms with E-state index in [1.54, 1.807) is 18.2 Å². The van der Waals surface area contributed by atoms with Gasteiger partial charge in [-0.05, 0) is 73.7 Å². The van der Waals surface area contributed by atoms with Crippen LogP contribution in [0.4, 0.5) is 10.7 Å². The van der Waals surface area contributed by atoms with Gasteiger partial charge in [0.25, 0.3) is 15.9 Å². The number of anilines is 2. The molecule has 0 atom stereocenters. The first kappa shape index (κ1) is 21.4. The van der Waals surface area contributed by atoms with Gasteiger partial charge in [0.1, 0.15) is 11.1 Å². The highest BCUT2D eigenvalue weighted by Crippen LogP contribution is 2.37. The molecule has 1 aliphatic carbocycles. The van der Waals surface area contributed by atoms with Crippen LogP contribution >= 0.6 is 22.9 Å². The van der Waals surface area contributed by atoms with Gasteiger partial charge in [-0.2, -0.15) is 5.26 Å². The number of halogens is 1. The Morgan fingerprint density at radius 3 is 2.58 bits per heavy atom. The number of nitrogens with one attached hydrogen (secondary N) is 2. The number of amides is 1. The molecule has 4 rings (SSSR count). The minimum atomic E-state index is -3.83. The predicted molar refractivity (Wildman–Crippen MR) is 122 cm³/mol. The summed E-state index contributed by atoms with van der Waals surface area (Å²) in [4.78, 5) is 14.0. The number of nitrogens with zero attached hydrogens (tertiary/aromatic N) is 1. The summed E-state index contributed by atoms with van der Waals surface area (Å²) in [6.07, 6.45) is 3.91. The van der Waals surface area contributed by atoms with Gasteiger partial charge in [-0.25, -0.2) is 8.42 Å². The van der Waals surface area contributed by atoms with Crippen LogP contribution in [0.25, 0.3) is 0 Å². The van der Waals surface area contributed by atoms with Gasteiger partial charge in [0.2, 0.25) is 0 Å². The molecule has 1 aromatic heterocycles. The molecule has 31 heavy (non-hydrogen) atoms. The number of hydrogen-bond acceptors (Lipinski definition) is 5. The first-order chi connectivity index (χ1) is 14.9. The number of hydrogen-bond donors (Lipinski definition) is 2. The molecule has 2 aromatic carbocycles. The molecule has 1 heterocycles. The summed E-state index contributed by atoms with van der Waals surface area (Å²) in [7, 11) is -3.83. The van der Waals surface area contributed by atoms with Crippen molar-refractivity contribution in [3.63, 3.8) is 0 Å². The lowest BCUT2D eigenvalue weighted by molar-refractivity contribution is 0.102. The zero-order valence-electron chi connectivity index (χ0n) is 16.3. The highest BCUT2D eigenvalue weighted by Gasteiger charge is 2.22. The third kappa shape index (κ3) is 4.59. The number of nitriles is 1. The van der Waals surface area contributed by atoms with Crippen LogP contribution in [0.15, 0.2) is 53.4 Å². The maximum absolute atomic E-state index is 12.8. The summed E-state index contributed by atoms with van der Waals surface area (Å²) in [5, 5.41) is 13.4.